The first-order valence-electron chi connectivity index (χ1n) is 1.87. The van der Waals surface area contributed by atoms with Crippen molar-refractivity contribution < 1.29 is 19.8 Å². The zero-order valence-electron chi connectivity index (χ0n) is 4.29. The van der Waals surface area contributed by atoms with E-state index in [2.05, 4.69) is 4.74 Å². The number of hydrogen-bond acceptors (Lipinski definition) is 3. The Morgan fingerprint density at radius 3 is 1.75 bits per heavy atom. The van der Waals surface area contributed by atoms with Crippen LogP contribution in [0.4, 0.5) is 0 Å². The van der Waals surface area contributed by atoms with Crippen LogP contribution in [0.2, 0.25) is 0 Å². The molecule has 0 rings (SSSR count). The van der Waals surface area contributed by atoms with Crippen LogP contribution >= 0.6 is 0 Å². The van der Waals surface area contributed by atoms with Gasteiger partial charge in [0.2, 0.25) is 0 Å². The fourth-order valence-corrected chi connectivity index (χ4v) is 0.164. The lowest BCUT2D eigenvalue weighted by molar-refractivity contribution is -0.116. The zero-order valence-corrected chi connectivity index (χ0v) is 4.29. The van der Waals surface area contributed by atoms with Crippen LogP contribution in [0.5, 0.6) is 0 Å². The van der Waals surface area contributed by atoms with Crippen molar-refractivity contribution >= 4 is 12.6 Å². The SMILES string of the molecule is O.O=CCOCC=O. The first kappa shape index (κ1) is 10.3. The highest BCUT2D eigenvalue weighted by atomic mass is 16.5. The van der Waals surface area contributed by atoms with Gasteiger partial charge in [-0.2, -0.15) is 0 Å². The Labute approximate surface area is 46.8 Å². The Hall–Kier alpha value is -0.740. The highest BCUT2D eigenvalue weighted by Gasteiger charge is 1.77. The average Bonchev–Trinajstić information content (AvgIpc) is 1.69. The number of aldehydes is 2. The maximum Gasteiger partial charge on any atom is 0.145 e. The summed E-state index contributed by atoms with van der Waals surface area (Å²) in [4.78, 5) is 18.9. The number of ether oxygens (including phenoxy) is 1. The molecule has 0 heterocycles. The van der Waals surface area contributed by atoms with Crippen LogP contribution in [-0.4, -0.2) is 31.3 Å². The first-order valence-corrected chi connectivity index (χ1v) is 1.87. The second-order valence-electron chi connectivity index (χ2n) is 0.871. The molecule has 0 radical (unpaired) electrons. The molecule has 0 aliphatic carbocycles. The molecule has 0 saturated heterocycles. The summed E-state index contributed by atoms with van der Waals surface area (Å²) in [7, 11) is 0. The number of rotatable bonds is 4. The van der Waals surface area contributed by atoms with Crippen LogP contribution in [0, 0.1) is 0 Å². The van der Waals surface area contributed by atoms with Gasteiger partial charge in [0.1, 0.15) is 25.8 Å². The van der Waals surface area contributed by atoms with E-state index in [9.17, 15) is 9.59 Å². The van der Waals surface area contributed by atoms with Crippen molar-refractivity contribution in [1.82, 2.24) is 0 Å². The quantitative estimate of drug-likeness (QED) is 0.337. The van der Waals surface area contributed by atoms with Crippen molar-refractivity contribution in [1.29, 1.82) is 0 Å². The molecule has 8 heavy (non-hydrogen) atoms. The van der Waals surface area contributed by atoms with E-state index in [0.29, 0.717) is 12.6 Å². The third-order valence-electron chi connectivity index (χ3n) is 0.372. The number of carbonyl (C=O) groups excluding carboxylic acids is 2. The molecule has 0 aromatic rings. The molecule has 0 aliphatic rings. The molecule has 0 unspecified atom stereocenters. The van der Waals surface area contributed by atoms with Gasteiger partial charge in [-0.05, 0) is 0 Å². The topological polar surface area (TPSA) is 74.9 Å². The van der Waals surface area contributed by atoms with Crippen LogP contribution in [0.15, 0.2) is 0 Å². The van der Waals surface area contributed by atoms with Gasteiger partial charge < -0.3 is 19.8 Å². The van der Waals surface area contributed by atoms with Gasteiger partial charge in [-0.1, -0.05) is 0 Å². The van der Waals surface area contributed by atoms with E-state index in [1.54, 1.807) is 0 Å². The van der Waals surface area contributed by atoms with E-state index in [4.69, 9.17) is 0 Å². The molecule has 4 nitrogen and oxygen atoms in total. The maximum absolute atomic E-state index is 9.44. The van der Waals surface area contributed by atoms with Crippen LogP contribution in [0.3, 0.4) is 0 Å². The van der Waals surface area contributed by atoms with Crippen molar-refractivity contribution in [2.24, 2.45) is 0 Å². The Morgan fingerprint density at radius 1 is 1.12 bits per heavy atom. The van der Waals surface area contributed by atoms with Crippen molar-refractivity contribution in [3.63, 3.8) is 0 Å². The monoisotopic (exact) mass is 120 g/mol. The third-order valence-corrected chi connectivity index (χ3v) is 0.372. The Balaban J connectivity index is 0. The molecule has 0 fully saturated rings. The molecular weight excluding hydrogens is 112 g/mol. The van der Waals surface area contributed by atoms with Crippen LogP contribution < -0.4 is 0 Å². The van der Waals surface area contributed by atoms with Crippen LogP contribution in [0.25, 0.3) is 0 Å². The predicted molar refractivity (Wildman–Crippen MR) is 26.6 cm³/mol. The highest BCUT2D eigenvalue weighted by molar-refractivity contribution is 5.53. The van der Waals surface area contributed by atoms with Gasteiger partial charge in [0.25, 0.3) is 0 Å². The van der Waals surface area contributed by atoms with Gasteiger partial charge in [0, 0.05) is 0 Å². The molecule has 0 aromatic heterocycles. The molecule has 0 amide bonds. The Morgan fingerprint density at radius 2 is 1.50 bits per heavy atom. The lowest BCUT2D eigenvalue weighted by Crippen LogP contribution is -1.97. The molecule has 48 valence electrons. The van der Waals surface area contributed by atoms with Crippen molar-refractivity contribution in [2.75, 3.05) is 13.2 Å². The normalized spacial score (nSPS) is 7.00. The summed E-state index contributed by atoms with van der Waals surface area (Å²) in [6, 6.07) is 0. The first-order chi connectivity index (χ1) is 3.41. The summed E-state index contributed by atoms with van der Waals surface area (Å²) < 4.78 is 4.40. The summed E-state index contributed by atoms with van der Waals surface area (Å²) in [6.07, 6.45) is 1.20. The second-order valence-corrected chi connectivity index (χ2v) is 0.871. The summed E-state index contributed by atoms with van der Waals surface area (Å²) in [5, 5.41) is 0. The van der Waals surface area contributed by atoms with Gasteiger partial charge in [-0.15, -0.1) is 0 Å². The minimum Gasteiger partial charge on any atom is -0.412 e. The van der Waals surface area contributed by atoms with E-state index >= 15 is 0 Å². The Bertz CT molecular complexity index is 53.1. The third kappa shape index (κ3) is 8.98. The largest absolute Gasteiger partial charge is 0.412 e. The van der Waals surface area contributed by atoms with Crippen molar-refractivity contribution in [3.8, 4) is 0 Å². The summed E-state index contributed by atoms with van der Waals surface area (Å²) in [5.74, 6) is 0. The van der Waals surface area contributed by atoms with Gasteiger partial charge in [-0.25, -0.2) is 0 Å². The van der Waals surface area contributed by atoms with Crippen LogP contribution in [0.1, 0.15) is 0 Å². The zero-order chi connectivity index (χ0) is 5.54. The van der Waals surface area contributed by atoms with Gasteiger partial charge in [-0.3, -0.25) is 0 Å². The summed E-state index contributed by atoms with van der Waals surface area (Å²) in [6.45, 7) is 0.0253. The lowest BCUT2D eigenvalue weighted by atomic mass is 10.8. The molecule has 0 bridgehead atoms. The van der Waals surface area contributed by atoms with E-state index < -0.39 is 0 Å². The number of carbonyl (C=O) groups is 2. The molecule has 0 saturated carbocycles. The second kappa shape index (κ2) is 9.54. The van der Waals surface area contributed by atoms with E-state index in [-0.39, 0.29) is 18.7 Å². The fraction of sp³-hybridized carbons (Fsp3) is 0.500. The molecular formula is C4H8O4. The maximum atomic E-state index is 9.44. The van der Waals surface area contributed by atoms with Crippen molar-refractivity contribution in [3.05, 3.63) is 0 Å². The molecule has 0 aromatic carbocycles. The van der Waals surface area contributed by atoms with Gasteiger partial charge in [0.15, 0.2) is 0 Å². The minimum atomic E-state index is 0. The van der Waals surface area contributed by atoms with E-state index in [1.165, 1.54) is 0 Å². The Kier molecular flexibility index (Phi) is 12.3. The summed E-state index contributed by atoms with van der Waals surface area (Å²) in [5.41, 5.74) is 0. The molecule has 0 aliphatic heterocycles. The average molecular weight is 120 g/mol. The minimum absolute atomic E-state index is 0. The number of hydrogen-bond donors (Lipinski definition) is 0. The fourth-order valence-electron chi connectivity index (χ4n) is 0.164. The van der Waals surface area contributed by atoms with Gasteiger partial charge in [0.05, 0.1) is 0 Å². The van der Waals surface area contributed by atoms with Gasteiger partial charge >= 0.3 is 0 Å². The smallest absolute Gasteiger partial charge is 0.145 e. The molecule has 4 heteroatoms. The van der Waals surface area contributed by atoms with Crippen LogP contribution in [-0.2, 0) is 14.3 Å². The molecule has 0 atom stereocenters. The highest BCUT2D eigenvalue weighted by Crippen LogP contribution is 1.61. The molecule has 2 N–H and O–H groups in total. The van der Waals surface area contributed by atoms with E-state index in [1.807, 2.05) is 0 Å². The standard InChI is InChI=1S/C4H6O3.H2O/c5-1-3-7-4-2-6;/h1-2H,3-4H2;1H2. The predicted octanol–water partition coefficient (Wildman–Crippen LogP) is -1.42. The van der Waals surface area contributed by atoms with E-state index in [0.717, 1.165) is 0 Å². The van der Waals surface area contributed by atoms with Crippen molar-refractivity contribution in [2.45, 2.75) is 0 Å². The molecule has 0 spiro atoms. The lowest BCUT2D eigenvalue weighted by Gasteiger charge is -1.85. The summed E-state index contributed by atoms with van der Waals surface area (Å²) >= 11 is 0.